The number of carbonyl (C=O) groups is 1. The van der Waals surface area contributed by atoms with Crippen LogP contribution >= 0.6 is 0 Å². The van der Waals surface area contributed by atoms with E-state index in [-0.39, 0.29) is 12.0 Å². The van der Waals surface area contributed by atoms with Crippen LogP contribution in [0.25, 0.3) is 0 Å². The third kappa shape index (κ3) is 7.71. The molecule has 204 valence electrons. The molecule has 1 heterocycles. The minimum absolute atomic E-state index is 0.0426. The Bertz CT molecular complexity index is 1170. The van der Waals surface area contributed by atoms with Crippen LogP contribution < -0.4 is 15.0 Å². The highest BCUT2D eigenvalue weighted by Crippen LogP contribution is 2.29. The number of amidine groups is 1. The van der Waals surface area contributed by atoms with Gasteiger partial charge in [-0.1, -0.05) is 48.9 Å². The fraction of sp³-hybridized carbons (Fsp3) is 0.419. The first kappa shape index (κ1) is 29.0. The Morgan fingerprint density at radius 1 is 1.11 bits per heavy atom. The Balaban J connectivity index is 1.98. The summed E-state index contributed by atoms with van der Waals surface area (Å²) in [5, 5.41) is 3.40. The van der Waals surface area contributed by atoms with Crippen molar-refractivity contribution in [2.24, 2.45) is 4.99 Å². The molecule has 0 saturated carbocycles. The molecule has 2 aromatic rings. The SMILES string of the molecule is CCN=C(C)NC1=C(/C=C(/C)CC)C(=O)N(c2cccc(OC(CN(C)C)c3ccccc3)c2)CCN1C. The van der Waals surface area contributed by atoms with Crippen molar-refractivity contribution in [1.82, 2.24) is 15.1 Å². The van der Waals surface area contributed by atoms with E-state index in [9.17, 15) is 4.79 Å². The molecular formula is C31H43N5O2. The Labute approximate surface area is 228 Å². The van der Waals surface area contributed by atoms with Gasteiger partial charge in [0.1, 0.15) is 17.7 Å². The Kier molecular flexibility index (Phi) is 10.5. The first-order valence-corrected chi connectivity index (χ1v) is 13.4. The Hall–Kier alpha value is -3.58. The molecule has 2 aromatic carbocycles. The second-order valence-corrected chi connectivity index (χ2v) is 9.95. The largest absolute Gasteiger partial charge is 0.484 e. The molecule has 0 radical (unpaired) electrons. The third-order valence-corrected chi connectivity index (χ3v) is 6.52. The number of hydrogen-bond acceptors (Lipinski definition) is 5. The van der Waals surface area contributed by atoms with Gasteiger partial charge in [0.2, 0.25) is 0 Å². The van der Waals surface area contributed by atoms with E-state index >= 15 is 0 Å². The number of ether oxygens (including phenoxy) is 1. The zero-order chi connectivity index (χ0) is 27.7. The topological polar surface area (TPSA) is 60.4 Å². The van der Waals surface area contributed by atoms with Crippen molar-refractivity contribution in [1.29, 1.82) is 0 Å². The van der Waals surface area contributed by atoms with Gasteiger partial charge in [0.05, 0.1) is 11.4 Å². The summed E-state index contributed by atoms with van der Waals surface area (Å²) < 4.78 is 6.50. The van der Waals surface area contributed by atoms with Crippen LogP contribution in [-0.4, -0.2) is 68.9 Å². The quantitative estimate of drug-likeness (QED) is 0.345. The van der Waals surface area contributed by atoms with E-state index in [2.05, 4.69) is 46.1 Å². The molecule has 7 nitrogen and oxygen atoms in total. The number of allylic oxidation sites excluding steroid dienone is 1. The molecule has 38 heavy (non-hydrogen) atoms. The van der Waals surface area contributed by atoms with Crippen LogP contribution in [0.3, 0.4) is 0 Å². The highest BCUT2D eigenvalue weighted by Gasteiger charge is 2.28. The van der Waals surface area contributed by atoms with Gasteiger partial charge in [0, 0.05) is 45.0 Å². The third-order valence-electron chi connectivity index (χ3n) is 6.52. The lowest BCUT2D eigenvalue weighted by atomic mass is 10.1. The maximum atomic E-state index is 14.1. The molecule has 0 spiro atoms. The van der Waals surface area contributed by atoms with Gasteiger partial charge in [-0.2, -0.15) is 0 Å². The van der Waals surface area contributed by atoms with E-state index in [1.165, 1.54) is 0 Å². The molecule has 0 bridgehead atoms. The van der Waals surface area contributed by atoms with Crippen LogP contribution in [0.2, 0.25) is 0 Å². The smallest absolute Gasteiger partial charge is 0.262 e. The van der Waals surface area contributed by atoms with Gasteiger partial charge in [-0.05, 0) is 65.1 Å². The number of rotatable bonds is 10. The summed E-state index contributed by atoms with van der Waals surface area (Å²) >= 11 is 0. The van der Waals surface area contributed by atoms with Crippen LogP contribution in [0.15, 0.2) is 82.6 Å². The van der Waals surface area contributed by atoms with Crippen molar-refractivity contribution in [2.75, 3.05) is 52.2 Å². The number of hydrogen-bond donors (Lipinski definition) is 1. The number of amides is 1. The molecule has 1 N–H and O–H groups in total. The van der Waals surface area contributed by atoms with Gasteiger partial charge < -0.3 is 24.8 Å². The summed E-state index contributed by atoms with van der Waals surface area (Å²) in [6.45, 7) is 10.7. The maximum Gasteiger partial charge on any atom is 0.262 e. The summed E-state index contributed by atoms with van der Waals surface area (Å²) in [6.07, 6.45) is 2.74. The molecule has 0 aliphatic carbocycles. The Morgan fingerprint density at radius 2 is 1.84 bits per heavy atom. The molecule has 7 heteroatoms. The van der Waals surface area contributed by atoms with Crippen LogP contribution in [0.1, 0.15) is 45.8 Å². The molecule has 1 aliphatic heterocycles. The minimum Gasteiger partial charge on any atom is -0.484 e. The van der Waals surface area contributed by atoms with E-state index in [4.69, 9.17) is 4.74 Å². The van der Waals surface area contributed by atoms with Crippen LogP contribution in [0.4, 0.5) is 5.69 Å². The van der Waals surface area contributed by atoms with E-state index in [1.807, 2.05) is 88.4 Å². The van der Waals surface area contributed by atoms with Gasteiger partial charge in [-0.15, -0.1) is 0 Å². The molecule has 0 aromatic heterocycles. The lowest BCUT2D eigenvalue weighted by Crippen LogP contribution is -2.34. The lowest BCUT2D eigenvalue weighted by Gasteiger charge is -2.25. The van der Waals surface area contributed by atoms with Crippen molar-refractivity contribution in [3.05, 3.63) is 83.2 Å². The van der Waals surface area contributed by atoms with Crippen molar-refractivity contribution >= 4 is 17.4 Å². The monoisotopic (exact) mass is 517 g/mol. The summed E-state index contributed by atoms with van der Waals surface area (Å²) in [7, 11) is 6.10. The van der Waals surface area contributed by atoms with E-state index in [1.54, 1.807) is 0 Å². The average molecular weight is 518 g/mol. The number of nitrogens with zero attached hydrogens (tertiary/aromatic N) is 4. The van der Waals surface area contributed by atoms with Gasteiger partial charge in [-0.25, -0.2) is 0 Å². The second kappa shape index (κ2) is 13.8. The first-order valence-electron chi connectivity index (χ1n) is 13.4. The molecular weight excluding hydrogens is 474 g/mol. The second-order valence-electron chi connectivity index (χ2n) is 9.95. The standard InChI is InChI=1S/C31H43N5O2/c1-8-23(3)20-28-30(33-24(4)32-9-2)35(7)18-19-36(31(28)37)26-16-13-17-27(21-26)38-29(22-34(5)6)25-14-11-10-12-15-25/h10-17,20-21,29H,8-9,18-19,22H2,1-7H3,(H,32,33)/b23-20-. The highest BCUT2D eigenvalue weighted by atomic mass is 16.5. The average Bonchev–Trinajstić information content (AvgIpc) is 3.00. The van der Waals surface area contributed by atoms with Crippen molar-refractivity contribution in [3.8, 4) is 5.75 Å². The predicted molar refractivity (Wildman–Crippen MR) is 158 cm³/mol. The number of carbonyl (C=O) groups excluding carboxylic acids is 1. The number of anilines is 1. The van der Waals surface area contributed by atoms with Crippen LogP contribution in [0.5, 0.6) is 5.75 Å². The molecule has 1 aliphatic rings. The Morgan fingerprint density at radius 3 is 2.50 bits per heavy atom. The maximum absolute atomic E-state index is 14.1. The van der Waals surface area contributed by atoms with E-state index in [0.29, 0.717) is 25.2 Å². The minimum atomic E-state index is -0.130. The van der Waals surface area contributed by atoms with Crippen molar-refractivity contribution in [3.63, 3.8) is 0 Å². The van der Waals surface area contributed by atoms with Crippen molar-refractivity contribution in [2.45, 2.75) is 40.2 Å². The number of benzene rings is 2. The highest BCUT2D eigenvalue weighted by molar-refractivity contribution is 6.08. The molecule has 0 fully saturated rings. The summed E-state index contributed by atoms with van der Waals surface area (Å²) in [4.78, 5) is 24.6. The molecule has 0 saturated heterocycles. The van der Waals surface area contributed by atoms with E-state index < -0.39 is 0 Å². The van der Waals surface area contributed by atoms with Gasteiger partial charge in [-0.3, -0.25) is 9.79 Å². The summed E-state index contributed by atoms with van der Waals surface area (Å²) in [5.74, 6) is 2.26. The number of likely N-dealkylation sites (N-methyl/N-ethyl adjacent to an activating group) is 2. The zero-order valence-corrected chi connectivity index (χ0v) is 24.0. The number of nitrogens with one attached hydrogen (secondary N) is 1. The normalized spacial score (nSPS) is 16.2. The van der Waals surface area contributed by atoms with Gasteiger partial charge >= 0.3 is 0 Å². The summed E-state index contributed by atoms with van der Waals surface area (Å²) in [6, 6.07) is 18.1. The van der Waals surface area contributed by atoms with Gasteiger partial charge in [0.25, 0.3) is 5.91 Å². The van der Waals surface area contributed by atoms with Crippen LogP contribution in [-0.2, 0) is 4.79 Å². The lowest BCUT2D eigenvalue weighted by molar-refractivity contribution is -0.114. The first-order chi connectivity index (χ1) is 18.2. The molecule has 3 rings (SSSR count). The van der Waals surface area contributed by atoms with Crippen molar-refractivity contribution < 1.29 is 9.53 Å². The predicted octanol–water partition coefficient (Wildman–Crippen LogP) is 5.24. The molecule has 1 unspecified atom stereocenters. The number of aliphatic imine (C=N–C) groups is 1. The summed E-state index contributed by atoms with van der Waals surface area (Å²) in [5.41, 5.74) is 3.71. The fourth-order valence-electron chi connectivity index (χ4n) is 4.35. The van der Waals surface area contributed by atoms with Gasteiger partial charge in [0.15, 0.2) is 0 Å². The fourth-order valence-corrected chi connectivity index (χ4v) is 4.35. The zero-order valence-electron chi connectivity index (χ0n) is 24.0. The van der Waals surface area contributed by atoms with Crippen LogP contribution in [0, 0.1) is 0 Å². The molecule has 1 amide bonds. The van der Waals surface area contributed by atoms with E-state index in [0.717, 1.165) is 47.2 Å². The molecule has 1 atom stereocenters.